The minimum absolute atomic E-state index is 0.0562. The molecule has 0 bridgehead atoms. The van der Waals surface area contributed by atoms with Gasteiger partial charge in [-0.15, -0.1) is 11.3 Å². The molecular weight excluding hydrogens is 709 g/mol. The molecule has 228 valence electrons. The smallest absolute Gasteiger partial charge is 0.433 e. The molecule has 16 heteroatoms. The van der Waals surface area contributed by atoms with Gasteiger partial charge in [-0.3, -0.25) is 9.59 Å². The molecule has 44 heavy (non-hydrogen) atoms. The molecule has 0 fully saturated rings. The van der Waals surface area contributed by atoms with Crippen LogP contribution in [0.5, 0.6) is 5.75 Å². The SMILES string of the molecule is Cc1ccc(-c2cc(C(F)(F)F)nc3sc(C(N)=O)c(NC(=O)c4ccc(COc5c(Cl)c(Cl)c(Cl)c(Cl)c5Cl)o4)c23)cc1. The standard InChI is InChI=1S/C28H15Cl5F3N3O4S/c1-10-2-4-11(5-3-10)13-8-15(28(34,35)36)38-27-16(13)22(24(44-27)25(37)40)39-26(41)14-7-6-12(43-14)9-42-23-20(32)18(30)17(29)19(31)21(23)33/h2-8H,9H2,1H3,(H2,37,40)(H,39,41). The Labute approximate surface area is 275 Å². The number of rotatable bonds is 7. The number of carbonyl (C=O) groups excluding carboxylic acids is 2. The van der Waals surface area contributed by atoms with E-state index < -0.39 is 23.7 Å². The third-order valence-corrected chi connectivity index (χ3v) is 9.53. The Morgan fingerprint density at radius 3 is 2.18 bits per heavy atom. The lowest BCUT2D eigenvalue weighted by molar-refractivity contribution is -0.140. The maximum atomic E-state index is 13.8. The van der Waals surface area contributed by atoms with Gasteiger partial charge >= 0.3 is 6.18 Å². The molecule has 0 aliphatic carbocycles. The summed E-state index contributed by atoms with van der Waals surface area (Å²) < 4.78 is 52.5. The van der Waals surface area contributed by atoms with E-state index in [1.807, 2.05) is 6.92 Å². The fourth-order valence-corrected chi connectivity index (χ4v) is 6.34. The average molecular weight is 724 g/mol. The second-order valence-corrected chi connectivity index (χ2v) is 12.1. The number of hydrogen-bond donors (Lipinski definition) is 2. The fourth-order valence-electron chi connectivity index (χ4n) is 4.10. The van der Waals surface area contributed by atoms with Gasteiger partial charge < -0.3 is 20.2 Å². The summed E-state index contributed by atoms with van der Waals surface area (Å²) in [5.74, 6) is -1.96. The number of primary amides is 1. The van der Waals surface area contributed by atoms with Gasteiger partial charge in [0, 0.05) is 5.39 Å². The number of nitrogens with zero attached hydrogens (tertiary/aromatic N) is 1. The third-order valence-electron chi connectivity index (χ3n) is 6.19. The summed E-state index contributed by atoms with van der Waals surface area (Å²) in [6.45, 7) is 1.55. The number of thiophene rings is 1. The van der Waals surface area contributed by atoms with Crippen LogP contribution < -0.4 is 15.8 Å². The van der Waals surface area contributed by atoms with Gasteiger partial charge in [0.25, 0.3) is 11.8 Å². The van der Waals surface area contributed by atoms with E-state index in [4.69, 9.17) is 72.9 Å². The van der Waals surface area contributed by atoms with Crippen LogP contribution in [0.2, 0.25) is 25.1 Å². The van der Waals surface area contributed by atoms with E-state index in [-0.39, 0.29) is 75.3 Å². The van der Waals surface area contributed by atoms with Crippen LogP contribution >= 0.6 is 69.3 Å². The lowest BCUT2D eigenvalue weighted by Gasteiger charge is -2.13. The zero-order valence-electron chi connectivity index (χ0n) is 21.8. The maximum absolute atomic E-state index is 13.8. The topological polar surface area (TPSA) is 107 Å². The molecule has 0 aliphatic rings. The second-order valence-electron chi connectivity index (χ2n) is 9.18. The number of alkyl halides is 3. The van der Waals surface area contributed by atoms with Crippen molar-refractivity contribution in [2.24, 2.45) is 5.73 Å². The van der Waals surface area contributed by atoms with Crippen molar-refractivity contribution in [1.29, 1.82) is 0 Å². The molecule has 5 rings (SSSR count). The van der Waals surface area contributed by atoms with Crippen LogP contribution in [0.4, 0.5) is 18.9 Å². The van der Waals surface area contributed by atoms with Crippen LogP contribution in [0.25, 0.3) is 21.3 Å². The number of ether oxygens (including phenoxy) is 1. The number of fused-ring (bicyclic) bond motifs is 1. The summed E-state index contributed by atoms with van der Waals surface area (Å²) in [6, 6.07) is 10.3. The second kappa shape index (κ2) is 12.3. The van der Waals surface area contributed by atoms with Gasteiger partial charge in [-0.2, -0.15) is 13.2 Å². The van der Waals surface area contributed by atoms with Crippen molar-refractivity contribution in [1.82, 2.24) is 4.98 Å². The number of amides is 2. The van der Waals surface area contributed by atoms with Gasteiger partial charge in [0.15, 0.2) is 11.5 Å². The number of aromatic nitrogens is 1. The first-order valence-electron chi connectivity index (χ1n) is 12.1. The Hall–Kier alpha value is -3.19. The first-order chi connectivity index (χ1) is 20.7. The molecule has 0 atom stereocenters. The summed E-state index contributed by atoms with van der Waals surface area (Å²) in [6.07, 6.45) is -4.78. The summed E-state index contributed by atoms with van der Waals surface area (Å²) in [4.78, 5) is 29.0. The summed E-state index contributed by atoms with van der Waals surface area (Å²) in [5.41, 5.74) is 5.63. The molecule has 7 nitrogen and oxygen atoms in total. The molecule has 0 saturated carbocycles. The van der Waals surface area contributed by atoms with E-state index in [0.717, 1.165) is 11.6 Å². The number of anilines is 1. The van der Waals surface area contributed by atoms with Crippen LogP contribution in [0.1, 0.15) is 37.2 Å². The van der Waals surface area contributed by atoms with Crippen molar-refractivity contribution >= 4 is 97.1 Å². The van der Waals surface area contributed by atoms with Gasteiger partial charge in [-0.25, -0.2) is 4.98 Å². The van der Waals surface area contributed by atoms with E-state index in [1.165, 1.54) is 12.1 Å². The number of furan rings is 1. The molecule has 3 aromatic heterocycles. The number of carbonyl (C=O) groups is 2. The zero-order chi connectivity index (χ0) is 32.1. The highest BCUT2D eigenvalue weighted by Gasteiger charge is 2.35. The van der Waals surface area contributed by atoms with Crippen LogP contribution in [0.15, 0.2) is 46.9 Å². The quantitative estimate of drug-likeness (QED) is 0.128. The predicted octanol–water partition coefficient (Wildman–Crippen LogP) is 10.1. The number of pyridine rings is 1. The highest BCUT2D eigenvalue weighted by atomic mass is 35.5. The molecule has 3 N–H and O–H groups in total. The first-order valence-corrected chi connectivity index (χ1v) is 14.8. The molecule has 0 saturated heterocycles. The number of nitrogens with one attached hydrogen (secondary N) is 1. The third kappa shape index (κ3) is 6.17. The molecule has 3 heterocycles. The summed E-state index contributed by atoms with van der Waals surface area (Å²) in [5, 5.41) is 2.27. The largest absolute Gasteiger partial charge is 0.482 e. The van der Waals surface area contributed by atoms with E-state index in [9.17, 15) is 22.8 Å². The monoisotopic (exact) mass is 721 g/mol. The Morgan fingerprint density at radius 2 is 1.59 bits per heavy atom. The van der Waals surface area contributed by atoms with Crippen molar-refractivity contribution in [3.05, 3.63) is 95.2 Å². The van der Waals surface area contributed by atoms with Gasteiger partial charge in [0.2, 0.25) is 0 Å². The molecule has 5 aromatic rings. The Balaban J connectivity index is 1.50. The minimum Gasteiger partial charge on any atom is -0.482 e. The number of benzene rings is 2. The Bertz CT molecular complexity index is 1930. The van der Waals surface area contributed by atoms with Crippen molar-refractivity contribution < 1.29 is 31.9 Å². The lowest BCUT2D eigenvalue weighted by atomic mass is 10.00. The van der Waals surface area contributed by atoms with Crippen LogP contribution in [0.3, 0.4) is 0 Å². The number of nitrogens with two attached hydrogens (primary N) is 1. The maximum Gasteiger partial charge on any atom is 0.433 e. The van der Waals surface area contributed by atoms with Crippen LogP contribution in [-0.2, 0) is 12.8 Å². The summed E-state index contributed by atoms with van der Waals surface area (Å²) >= 11 is 31.1. The van der Waals surface area contributed by atoms with Crippen molar-refractivity contribution in [2.75, 3.05) is 5.32 Å². The number of hydrogen-bond acceptors (Lipinski definition) is 6. The van der Waals surface area contributed by atoms with E-state index in [0.29, 0.717) is 16.9 Å². The van der Waals surface area contributed by atoms with Gasteiger partial charge in [0.1, 0.15) is 37.8 Å². The predicted molar refractivity (Wildman–Crippen MR) is 166 cm³/mol. The molecule has 2 amide bonds. The highest BCUT2D eigenvalue weighted by molar-refractivity contribution is 7.21. The van der Waals surface area contributed by atoms with Crippen molar-refractivity contribution in [3.63, 3.8) is 0 Å². The normalized spacial score (nSPS) is 11.7. The van der Waals surface area contributed by atoms with E-state index in [2.05, 4.69) is 10.3 Å². The molecule has 0 radical (unpaired) electrons. The van der Waals surface area contributed by atoms with E-state index >= 15 is 0 Å². The molecule has 0 aliphatic heterocycles. The van der Waals surface area contributed by atoms with Crippen LogP contribution in [0, 0.1) is 6.92 Å². The van der Waals surface area contributed by atoms with Gasteiger partial charge in [0.05, 0.1) is 20.8 Å². The van der Waals surface area contributed by atoms with Gasteiger partial charge in [-0.05, 0) is 36.2 Å². The van der Waals surface area contributed by atoms with Gasteiger partial charge in [-0.1, -0.05) is 87.8 Å². The molecule has 0 spiro atoms. The minimum atomic E-state index is -4.78. The van der Waals surface area contributed by atoms with Crippen molar-refractivity contribution in [3.8, 4) is 16.9 Å². The molecule has 2 aromatic carbocycles. The average Bonchev–Trinajstić information content (AvgIpc) is 3.60. The molecule has 0 unspecified atom stereocenters. The van der Waals surface area contributed by atoms with Crippen LogP contribution in [-0.4, -0.2) is 16.8 Å². The Morgan fingerprint density at radius 1 is 0.977 bits per heavy atom. The lowest BCUT2D eigenvalue weighted by Crippen LogP contribution is -2.16. The zero-order valence-corrected chi connectivity index (χ0v) is 26.4. The van der Waals surface area contributed by atoms with Crippen molar-refractivity contribution in [2.45, 2.75) is 19.7 Å². The summed E-state index contributed by atoms with van der Waals surface area (Å²) in [7, 11) is 0. The van der Waals surface area contributed by atoms with E-state index in [1.54, 1.807) is 24.3 Å². The number of aryl methyl sites for hydroxylation is 1. The fraction of sp³-hybridized carbons (Fsp3) is 0.107. The highest BCUT2D eigenvalue weighted by Crippen LogP contribution is 2.48. The first kappa shape index (κ1) is 32.2. The molecular formula is C28H15Cl5F3N3O4S. The Kier molecular flexibility index (Phi) is 9.01. The number of halogens is 8.